The highest BCUT2D eigenvalue weighted by Gasteiger charge is 2.21. The van der Waals surface area contributed by atoms with Gasteiger partial charge in [-0.25, -0.2) is 13.2 Å². The molecule has 1 saturated heterocycles. The first kappa shape index (κ1) is 10.5. The first-order valence-corrected chi connectivity index (χ1v) is 5.03. The molecule has 0 spiro atoms. The minimum Gasteiger partial charge on any atom is -0.316 e. The van der Waals surface area contributed by atoms with Gasteiger partial charge in [0.05, 0.1) is 0 Å². The molecule has 15 heavy (non-hydrogen) atoms. The summed E-state index contributed by atoms with van der Waals surface area (Å²) in [5, 5.41) is 3.09. The number of rotatable bonds is 1. The average molecular weight is 215 g/mol. The van der Waals surface area contributed by atoms with Crippen LogP contribution in [-0.4, -0.2) is 13.1 Å². The standard InChI is InChI=1S/C11H12F3N/c12-8-4-9(11(14)10(13)5-8)7-2-1-3-15-6-7/h4-5,7,15H,1-3,6H2. The third-order valence-electron chi connectivity index (χ3n) is 2.76. The summed E-state index contributed by atoms with van der Waals surface area (Å²) in [6.07, 6.45) is 1.68. The highest BCUT2D eigenvalue weighted by molar-refractivity contribution is 5.24. The predicted molar refractivity (Wildman–Crippen MR) is 51.2 cm³/mol. The van der Waals surface area contributed by atoms with E-state index < -0.39 is 17.5 Å². The molecule has 82 valence electrons. The van der Waals surface area contributed by atoms with Crippen LogP contribution in [-0.2, 0) is 0 Å². The lowest BCUT2D eigenvalue weighted by molar-refractivity contribution is 0.425. The molecule has 1 nitrogen and oxygen atoms in total. The summed E-state index contributed by atoms with van der Waals surface area (Å²) in [4.78, 5) is 0. The zero-order valence-corrected chi connectivity index (χ0v) is 8.19. The zero-order valence-electron chi connectivity index (χ0n) is 8.19. The van der Waals surface area contributed by atoms with Gasteiger partial charge in [0.2, 0.25) is 0 Å². The van der Waals surface area contributed by atoms with E-state index in [0.717, 1.165) is 25.5 Å². The van der Waals surface area contributed by atoms with Crippen LogP contribution in [0.3, 0.4) is 0 Å². The van der Waals surface area contributed by atoms with Gasteiger partial charge in [-0.3, -0.25) is 0 Å². The van der Waals surface area contributed by atoms with Crippen molar-refractivity contribution < 1.29 is 13.2 Å². The van der Waals surface area contributed by atoms with E-state index in [2.05, 4.69) is 5.32 Å². The molecular weight excluding hydrogens is 203 g/mol. The van der Waals surface area contributed by atoms with E-state index in [1.54, 1.807) is 0 Å². The molecule has 2 rings (SSSR count). The van der Waals surface area contributed by atoms with Gasteiger partial charge in [-0.1, -0.05) is 0 Å². The molecule has 1 heterocycles. The highest BCUT2D eigenvalue weighted by Crippen LogP contribution is 2.27. The molecule has 0 radical (unpaired) electrons. The maximum Gasteiger partial charge on any atom is 0.162 e. The lowest BCUT2D eigenvalue weighted by Crippen LogP contribution is -2.29. The summed E-state index contributed by atoms with van der Waals surface area (Å²) >= 11 is 0. The second-order valence-electron chi connectivity index (χ2n) is 3.83. The second kappa shape index (κ2) is 4.23. The molecule has 1 aromatic rings. The molecule has 0 bridgehead atoms. The van der Waals surface area contributed by atoms with E-state index in [4.69, 9.17) is 0 Å². The maximum absolute atomic E-state index is 13.4. The Balaban J connectivity index is 2.33. The topological polar surface area (TPSA) is 12.0 Å². The molecule has 1 unspecified atom stereocenters. The third kappa shape index (κ3) is 2.15. The largest absolute Gasteiger partial charge is 0.316 e. The van der Waals surface area contributed by atoms with E-state index in [-0.39, 0.29) is 11.5 Å². The van der Waals surface area contributed by atoms with Crippen LogP contribution in [0.25, 0.3) is 0 Å². The van der Waals surface area contributed by atoms with Crippen LogP contribution in [0.2, 0.25) is 0 Å². The molecule has 1 atom stereocenters. The number of hydrogen-bond donors (Lipinski definition) is 1. The van der Waals surface area contributed by atoms with E-state index >= 15 is 0 Å². The Kier molecular flexibility index (Phi) is 2.95. The minimum atomic E-state index is -1.10. The van der Waals surface area contributed by atoms with Gasteiger partial charge in [0.25, 0.3) is 0 Å². The molecule has 0 aliphatic carbocycles. The minimum absolute atomic E-state index is 0.121. The van der Waals surface area contributed by atoms with Crippen molar-refractivity contribution in [1.82, 2.24) is 5.32 Å². The van der Waals surface area contributed by atoms with Crippen LogP contribution in [0.4, 0.5) is 13.2 Å². The fourth-order valence-electron chi connectivity index (χ4n) is 1.99. The van der Waals surface area contributed by atoms with Crippen molar-refractivity contribution in [2.24, 2.45) is 0 Å². The molecule has 0 saturated carbocycles. The molecule has 0 amide bonds. The van der Waals surface area contributed by atoms with Crippen LogP contribution < -0.4 is 5.32 Å². The van der Waals surface area contributed by atoms with Crippen LogP contribution in [0, 0.1) is 17.5 Å². The molecule has 1 aliphatic heterocycles. The first-order valence-electron chi connectivity index (χ1n) is 5.03. The van der Waals surface area contributed by atoms with Crippen molar-refractivity contribution in [2.75, 3.05) is 13.1 Å². The van der Waals surface area contributed by atoms with Crippen molar-refractivity contribution in [3.8, 4) is 0 Å². The summed E-state index contributed by atoms with van der Waals surface area (Å²) in [6, 6.07) is 1.67. The van der Waals surface area contributed by atoms with Crippen molar-refractivity contribution in [3.63, 3.8) is 0 Å². The summed E-state index contributed by atoms with van der Waals surface area (Å²) in [5.74, 6) is -2.85. The first-order chi connectivity index (χ1) is 7.18. The lowest BCUT2D eigenvalue weighted by Gasteiger charge is -2.23. The van der Waals surface area contributed by atoms with Gasteiger partial charge in [-0.05, 0) is 36.9 Å². The number of benzene rings is 1. The van der Waals surface area contributed by atoms with Crippen molar-refractivity contribution in [3.05, 3.63) is 35.1 Å². The fraction of sp³-hybridized carbons (Fsp3) is 0.455. The monoisotopic (exact) mass is 215 g/mol. The van der Waals surface area contributed by atoms with Gasteiger partial charge < -0.3 is 5.32 Å². The Hall–Kier alpha value is -1.03. The van der Waals surface area contributed by atoms with Gasteiger partial charge >= 0.3 is 0 Å². The number of piperidine rings is 1. The quantitative estimate of drug-likeness (QED) is 0.710. The van der Waals surface area contributed by atoms with Gasteiger partial charge in [-0.15, -0.1) is 0 Å². The second-order valence-corrected chi connectivity index (χ2v) is 3.83. The van der Waals surface area contributed by atoms with Crippen LogP contribution >= 0.6 is 0 Å². The smallest absolute Gasteiger partial charge is 0.162 e. The Morgan fingerprint density at radius 1 is 1.20 bits per heavy atom. The Bertz CT molecular complexity index is 359. The molecule has 0 aromatic heterocycles. The van der Waals surface area contributed by atoms with Gasteiger partial charge in [0, 0.05) is 12.6 Å². The Morgan fingerprint density at radius 3 is 2.67 bits per heavy atom. The van der Waals surface area contributed by atoms with Gasteiger partial charge in [0.15, 0.2) is 11.6 Å². The fourth-order valence-corrected chi connectivity index (χ4v) is 1.99. The predicted octanol–water partition coefficient (Wildman–Crippen LogP) is 2.57. The summed E-state index contributed by atoms with van der Waals surface area (Å²) in [7, 11) is 0. The molecule has 1 N–H and O–H groups in total. The van der Waals surface area contributed by atoms with E-state index in [1.165, 1.54) is 0 Å². The van der Waals surface area contributed by atoms with Crippen LogP contribution in [0.1, 0.15) is 24.3 Å². The molecular formula is C11H12F3N. The highest BCUT2D eigenvalue weighted by atomic mass is 19.2. The van der Waals surface area contributed by atoms with Gasteiger partial charge in [0.1, 0.15) is 5.82 Å². The number of nitrogens with one attached hydrogen (secondary N) is 1. The zero-order chi connectivity index (χ0) is 10.8. The Morgan fingerprint density at radius 2 is 2.00 bits per heavy atom. The van der Waals surface area contributed by atoms with Crippen molar-refractivity contribution in [1.29, 1.82) is 0 Å². The van der Waals surface area contributed by atoms with E-state index in [1.807, 2.05) is 0 Å². The third-order valence-corrected chi connectivity index (χ3v) is 2.76. The summed E-state index contributed by atoms with van der Waals surface area (Å²) in [6.45, 7) is 1.47. The Labute approximate surface area is 86.3 Å². The van der Waals surface area contributed by atoms with Crippen molar-refractivity contribution in [2.45, 2.75) is 18.8 Å². The summed E-state index contributed by atoms with van der Waals surface area (Å²) < 4.78 is 39.3. The van der Waals surface area contributed by atoms with E-state index in [0.29, 0.717) is 12.6 Å². The molecule has 4 heteroatoms. The molecule has 1 fully saturated rings. The normalized spacial score (nSPS) is 21.7. The van der Waals surface area contributed by atoms with Gasteiger partial charge in [-0.2, -0.15) is 0 Å². The molecule has 1 aliphatic rings. The van der Waals surface area contributed by atoms with Crippen molar-refractivity contribution >= 4 is 0 Å². The van der Waals surface area contributed by atoms with Crippen LogP contribution in [0.5, 0.6) is 0 Å². The molecule has 1 aromatic carbocycles. The SMILES string of the molecule is Fc1cc(F)c(F)c(C2CCCNC2)c1. The maximum atomic E-state index is 13.4. The van der Waals surface area contributed by atoms with E-state index in [9.17, 15) is 13.2 Å². The average Bonchev–Trinajstić information content (AvgIpc) is 2.24. The van der Waals surface area contributed by atoms with Crippen LogP contribution in [0.15, 0.2) is 12.1 Å². The summed E-state index contributed by atoms with van der Waals surface area (Å²) in [5.41, 5.74) is 0.153. The number of halogens is 3. The number of hydrogen-bond acceptors (Lipinski definition) is 1. The lowest BCUT2D eigenvalue weighted by atomic mass is 9.91.